The molecule has 0 bridgehead atoms. The van der Waals surface area contributed by atoms with Crippen LogP contribution in [0, 0.1) is 0 Å². The van der Waals surface area contributed by atoms with Crippen molar-refractivity contribution in [2.24, 2.45) is 0 Å². The number of aromatic amines is 1. The Morgan fingerprint density at radius 1 is 1.59 bits per heavy atom. The molecule has 0 saturated carbocycles. The van der Waals surface area contributed by atoms with E-state index in [0.29, 0.717) is 13.2 Å². The Kier molecular flexibility index (Phi) is 5.93. The molecular weight excluding hydrogens is 240 g/mol. The van der Waals surface area contributed by atoms with E-state index in [2.05, 4.69) is 10.3 Å². The van der Waals surface area contributed by atoms with E-state index in [1.165, 1.54) is 0 Å². The zero-order valence-electron chi connectivity index (χ0n) is 10.1. The second-order valence-corrected chi connectivity index (χ2v) is 4.49. The van der Waals surface area contributed by atoms with Gasteiger partial charge in [-0.2, -0.15) is 0 Å². The fourth-order valence-corrected chi connectivity index (χ4v) is 2.05. The summed E-state index contributed by atoms with van der Waals surface area (Å²) in [5, 5.41) is 4.85. The minimum atomic E-state index is -0.302. The highest BCUT2D eigenvalue weighted by molar-refractivity contribution is 7.07. The smallest absolute Gasteiger partial charge is 0.323 e. The molecule has 0 fully saturated rings. The lowest BCUT2D eigenvalue weighted by Gasteiger charge is -2.15. The van der Waals surface area contributed by atoms with E-state index in [-0.39, 0.29) is 16.9 Å². The van der Waals surface area contributed by atoms with Gasteiger partial charge in [-0.25, -0.2) is 0 Å². The largest absolute Gasteiger partial charge is 0.465 e. The zero-order chi connectivity index (χ0) is 12.7. The molecule has 17 heavy (non-hydrogen) atoms. The van der Waals surface area contributed by atoms with E-state index in [1.54, 1.807) is 12.3 Å². The van der Waals surface area contributed by atoms with Gasteiger partial charge in [-0.3, -0.25) is 14.9 Å². The van der Waals surface area contributed by atoms with Crippen molar-refractivity contribution in [3.63, 3.8) is 0 Å². The zero-order valence-corrected chi connectivity index (χ0v) is 10.9. The molecule has 2 N–H and O–H groups in total. The van der Waals surface area contributed by atoms with Gasteiger partial charge in [-0.05, 0) is 13.3 Å². The second-order valence-electron chi connectivity index (χ2n) is 3.65. The van der Waals surface area contributed by atoms with Gasteiger partial charge in [0.15, 0.2) is 0 Å². The molecule has 1 heterocycles. The molecule has 0 aliphatic heterocycles. The molecule has 6 heteroatoms. The highest BCUT2D eigenvalue weighted by atomic mass is 32.1. The fraction of sp³-hybridized carbons (Fsp3) is 0.636. The van der Waals surface area contributed by atoms with E-state index >= 15 is 0 Å². The van der Waals surface area contributed by atoms with Crippen LogP contribution in [0.2, 0.25) is 0 Å². The van der Waals surface area contributed by atoms with Crippen molar-refractivity contribution in [3.05, 3.63) is 20.7 Å². The van der Waals surface area contributed by atoms with Gasteiger partial charge in [0, 0.05) is 17.6 Å². The van der Waals surface area contributed by atoms with Gasteiger partial charge in [0.1, 0.15) is 6.04 Å². The van der Waals surface area contributed by atoms with Crippen LogP contribution in [0.4, 0.5) is 0 Å². The van der Waals surface area contributed by atoms with E-state index < -0.39 is 0 Å². The molecule has 5 nitrogen and oxygen atoms in total. The maximum Gasteiger partial charge on any atom is 0.323 e. The third-order valence-corrected chi connectivity index (χ3v) is 2.98. The number of H-pyrrole nitrogens is 1. The van der Waals surface area contributed by atoms with Gasteiger partial charge < -0.3 is 9.72 Å². The van der Waals surface area contributed by atoms with Gasteiger partial charge in [-0.15, -0.1) is 0 Å². The standard InChI is InChI=1S/C11H18N2O3S/c1-3-5-9(10(14)16-4-2)12-6-8-7-17-11(15)13-8/h7,9,12H,3-6H2,1-2H3,(H,13,15). The number of aromatic nitrogens is 1. The summed E-state index contributed by atoms with van der Waals surface area (Å²) in [7, 11) is 0. The number of hydrogen-bond donors (Lipinski definition) is 2. The van der Waals surface area contributed by atoms with Gasteiger partial charge in [0.2, 0.25) is 0 Å². The normalized spacial score (nSPS) is 12.4. The van der Waals surface area contributed by atoms with Crippen molar-refractivity contribution in [3.8, 4) is 0 Å². The van der Waals surface area contributed by atoms with E-state index in [4.69, 9.17) is 4.74 Å². The summed E-state index contributed by atoms with van der Waals surface area (Å²) in [6, 6.07) is -0.302. The Morgan fingerprint density at radius 2 is 2.35 bits per heavy atom. The van der Waals surface area contributed by atoms with Crippen LogP contribution in [0.1, 0.15) is 32.4 Å². The lowest BCUT2D eigenvalue weighted by atomic mass is 10.1. The number of hydrogen-bond acceptors (Lipinski definition) is 5. The third-order valence-electron chi connectivity index (χ3n) is 2.26. The molecule has 1 aromatic rings. The fourth-order valence-electron chi connectivity index (χ4n) is 1.47. The summed E-state index contributed by atoms with van der Waals surface area (Å²) < 4.78 is 4.98. The Balaban J connectivity index is 2.49. The maximum absolute atomic E-state index is 11.6. The molecule has 0 aliphatic rings. The SMILES string of the molecule is CCCC(NCc1csc(=O)[nH]1)C(=O)OCC. The first-order valence-corrected chi connectivity index (χ1v) is 6.62. The Morgan fingerprint density at radius 3 is 2.88 bits per heavy atom. The summed E-state index contributed by atoms with van der Waals surface area (Å²) in [6.07, 6.45) is 1.63. The van der Waals surface area contributed by atoms with Crippen LogP contribution in [0.25, 0.3) is 0 Å². The average molecular weight is 258 g/mol. The van der Waals surface area contributed by atoms with E-state index in [0.717, 1.165) is 29.9 Å². The first kappa shape index (κ1) is 13.9. The molecular formula is C11H18N2O3S. The number of nitrogens with one attached hydrogen (secondary N) is 2. The van der Waals surface area contributed by atoms with Crippen LogP contribution in [0.15, 0.2) is 10.2 Å². The van der Waals surface area contributed by atoms with Crippen LogP contribution >= 0.6 is 11.3 Å². The Hall–Kier alpha value is -1.14. The van der Waals surface area contributed by atoms with Crippen molar-refractivity contribution in [2.45, 2.75) is 39.3 Å². The van der Waals surface area contributed by atoms with Crippen LogP contribution in [-0.4, -0.2) is 23.6 Å². The first-order chi connectivity index (χ1) is 8.17. The van der Waals surface area contributed by atoms with Gasteiger partial charge in [0.05, 0.1) is 6.61 Å². The molecule has 1 aromatic heterocycles. The number of carbonyl (C=O) groups excluding carboxylic acids is 1. The highest BCUT2D eigenvalue weighted by Gasteiger charge is 2.18. The third kappa shape index (κ3) is 4.70. The summed E-state index contributed by atoms with van der Waals surface area (Å²) in [5.74, 6) is -0.230. The molecule has 1 rings (SSSR count). The number of esters is 1. The summed E-state index contributed by atoms with van der Waals surface area (Å²) in [4.78, 5) is 25.2. The molecule has 0 amide bonds. The summed E-state index contributed by atoms with van der Waals surface area (Å²) in [6.45, 7) is 4.66. The van der Waals surface area contributed by atoms with Crippen molar-refractivity contribution < 1.29 is 9.53 Å². The highest BCUT2D eigenvalue weighted by Crippen LogP contribution is 2.02. The topological polar surface area (TPSA) is 71.2 Å². The van der Waals surface area contributed by atoms with Crippen molar-refractivity contribution >= 4 is 17.3 Å². The lowest BCUT2D eigenvalue weighted by molar-refractivity contribution is -0.145. The Bertz CT molecular complexity index is 399. The second kappa shape index (κ2) is 7.24. The number of carbonyl (C=O) groups is 1. The van der Waals surface area contributed by atoms with Crippen LogP contribution in [0.3, 0.4) is 0 Å². The predicted octanol–water partition coefficient (Wildman–Crippen LogP) is 1.26. The van der Waals surface area contributed by atoms with E-state index in [1.807, 2.05) is 6.92 Å². The molecule has 0 spiro atoms. The monoisotopic (exact) mass is 258 g/mol. The van der Waals surface area contributed by atoms with Crippen LogP contribution in [0.5, 0.6) is 0 Å². The van der Waals surface area contributed by atoms with Gasteiger partial charge in [0.25, 0.3) is 0 Å². The minimum Gasteiger partial charge on any atom is -0.465 e. The van der Waals surface area contributed by atoms with Crippen molar-refractivity contribution in [1.29, 1.82) is 0 Å². The van der Waals surface area contributed by atoms with Crippen molar-refractivity contribution in [1.82, 2.24) is 10.3 Å². The van der Waals surface area contributed by atoms with Crippen molar-refractivity contribution in [2.75, 3.05) is 6.61 Å². The van der Waals surface area contributed by atoms with E-state index in [9.17, 15) is 9.59 Å². The maximum atomic E-state index is 11.6. The molecule has 0 aromatic carbocycles. The lowest BCUT2D eigenvalue weighted by Crippen LogP contribution is -2.37. The summed E-state index contributed by atoms with van der Waals surface area (Å²) in [5.41, 5.74) is 0.797. The number of ether oxygens (including phenoxy) is 1. The predicted molar refractivity (Wildman–Crippen MR) is 67.1 cm³/mol. The molecule has 96 valence electrons. The number of thiazole rings is 1. The molecule has 1 atom stereocenters. The average Bonchev–Trinajstić information content (AvgIpc) is 2.70. The van der Waals surface area contributed by atoms with Crippen LogP contribution < -0.4 is 10.2 Å². The Labute approximate surface area is 104 Å². The quantitative estimate of drug-likeness (QED) is 0.722. The minimum absolute atomic E-state index is 0.0787. The summed E-state index contributed by atoms with van der Waals surface area (Å²) >= 11 is 1.12. The molecule has 0 radical (unpaired) electrons. The van der Waals surface area contributed by atoms with Crippen LogP contribution in [-0.2, 0) is 16.1 Å². The first-order valence-electron chi connectivity index (χ1n) is 5.74. The number of rotatable bonds is 7. The van der Waals surface area contributed by atoms with Gasteiger partial charge >= 0.3 is 10.8 Å². The molecule has 0 aliphatic carbocycles. The van der Waals surface area contributed by atoms with Gasteiger partial charge in [-0.1, -0.05) is 24.7 Å². The molecule has 0 saturated heterocycles. The molecule has 1 unspecified atom stereocenters.